The molecule has 3 aromatic heterocycles. The first kappa shape index (κ1) is 16.8. The second-order valence-corrected chi connectivity index (χ2v) is 8.75. The second-order valence-electron chi connectivity index (χ2n) is 6.03. The summed E-state index contributed by atoms with van der Waals surface area (Å²) in [6, 6.07) is 4.36. The standard InChI is InChI=1S/C17H11ClFN5OS2/c18-11-6-20-16(27-11)17(25)24-5-4-9-13(22-7-21-9)14(24)15-23-12-8(19)2-1-3-10(12)26-15/h1-3,6-7,14H,4-5H2,(H,21,22)/t14-/m0/s1. The number of H-pyrrole nitrogens is 1. The molecular formula is C17H11ClFN5OS2. The lowest BCUT2D eigenvalue weighted by molar-refractivity contribution is 0.0690. The fourth-order valence-corrected chi connectivity index (χ4v) is 5.24. The predicted molar refractivity (Wildman–Crippen MR) is 102 cm³/mol. The van der Waals surface area contributed by atoms with Crippen LogP contribution in [0.5, 0.6) is 0 Å². The van der Waals surface area contributed by atoms with Gasteiger partial charge in [0.05, 0.1) is 22.9 Å². The summed E-state index contributed by atoms with van der Waals surface area (Å²) in [5, 5.41) is 0.940. The van der Waals surface area contributed by atoms with E-state index in [2.05, 4.69) is 19.9 Å². The predicted octanol–water partition coefficient (Wildman–Crippen LogP) is 4.06. The fourth-order valence-electron chi connectivity index (χ4n) is 3.27. The van der Waals surface area contributed by atoms with Crippen LogP contribution in [0.25, 0.3) is 10.2 Å². The number of hydrogen-bond acceptors (Lipinski definition) is 6. The van der Waals surface area contributed by atoms with Crippen molar-refractivity contribution >= 4 is 50.4 Å². The summed E-state index contributed by atoms with van der Waals surface area (Å²) < 4.78 is 15.3. The molecule has 5 rings (SSSR count). The normalized spacial score (nSPS) is 16.7. The molecule has 136 valence electrons. The number of rotatable bonds is 2. The van der Waals surface area contributed by atoms with Crippen molar-refractivity contribution in [3.05, 3.63) is 62.3 Å². The third-order valence-electron chi connectivity index (χ3n) is 4.47. The molecule has 27 heavy (non-hydrogen) atoms. The van der Waals surface area contributed by atoms with Crippen LogP contribution in [0.1, 0.15) is 32.2 Å². The number of benzene rings is 1. The Bertz CT molecular complexity index is 1170. The molecule has 0 saturated heterocycles. The third-order valence-corrected chi connectivity index (χ3v) is 6.64. The maximum Gasteiger partial charge on any atom is 0.283 e. The zero-order chi connectivity index (χ0) is 18.5. The van der Waals surface area contributed by atoms with E-state index in [9.17, 15) is 9.18 Å². The van der Waals surface area contributed by atoms with Gasteiger partial charge >= 0.3 is 0 Å². The number of amides is 1. The number of aromatic nitrogens is 4. The van der Waals surface area contributed by atoms with Crippen LogP contribution in [0.4, 0.5) is 4.39 Å². The van der Waals surface area contributed by atoms with Crippen LogP contribution in [0.2, 0.25) is 4.34 Å². The number of carbonyl (C=O) groups is 1. The van der Waals surface area contributed by atoms with Gasteiger partial charge in [0, 0.05) is 18.7 Å². The van der Waals surface area contributed by atoms with Gasteiger partial charge in [0.1, 0.15) is 26.7 Å². The lowest BCUT2D eigenvalue weighted by atomic mass is 10.0. The van der Waals surface area contributed by atoms with Gasteiger partial charge < -0.3 is 9.88 Å². The molecule has 0 aliphatic carbocycles. The van der Waals surface area contributed by atoms with Gasteiger partial charge in [0.2, 0.25) is 0 Å². The van der Waals surface area contributed by atoms with E-state index in [1.54, 1.807) is 17.3 Å². The number of hydrogen-bond donors (Lipinski definition) is 1. The van der Waals surface area contributed by atoms with Crippen LogP contribution in [-0.4, -0.2) is 37.3 Å². The summed E-state index contributed by atoms with van der Waals surface area (Å²) in [6.07, 6.45) is 3.72. The first-order chi connectivity index (χ1) is 13.1. The summed E-state index contributed by atoms with van der Waals surface area (Å²) in [5.74, 6) is -0.608. The molecular weight excluding hydrogens is 409 g/mol. The molecule has 4 aromatic rings. The summed E-state index contributed by atoms with van der Waals surface area (Å²) in [5.41, 5.74) is 2.00. The van der Waals surface area contributed by atoms with E-state index in [4.69, 9.17) is 11.6 Å². The van der Waals surface area contributed by atoms with E-state index in [0.29, 0.717) is 32.8 Å². The average Bonchev–Trinajstić information content (AvgIpc) is 3.39. The highest BCUT2D eigenvalue weighted by atomic mass is 35.5. The molecule has 1 aliphatic heterocycles. The van der Waals surface area contributed by atoms with E-state index in [1.165, 1.54) is 23.6 Å². The lowest BCUT2D eigenvalue weighted by Crippen LogP contribution is -2.40. The summed E-state index contributed by atoms with van der Waals surface area (Å²) in [4.78, 5) is 30.9. The number of thiazole rings is 2. The van der Waals surface area contributed by atoms with Gasteiger partial charge in [-0.15, -0.1) is 11.3 Å². The molecule has 1 aromatic carbocycles. The quantitative estimate of drug-likeness (QED) is 0.531. The molecule has 0 bridgehead atoms. The molecule has 0 spiro atoms. The Morgan fingerprint density at radius 2 is 2.22 bits per heavy atom. The Morgan fingerprint density at radius 1 is 1.33 bits per heavy atom. The van der Waals surface area contributed by atoms with Crippen molar-refractivity contribution in [1.82, 2.24) is 24.8 Å². The van der Waals surface area contributed by atoms with E-state index in [-0.39, 0.29) is 11.7 Å². The van der Waals surface area contributed by atoms with Crippen LogP contribution >= 0.6 is 34.3 Å². The van der Waals surface area contributed by atoms with Gasteiger partial charge in [-0.25, -0.2) is 19.3 Å². The number of imidazole rings is 1. The van der Waals surface area contributed by atoms with Crippen LogP contribution < -0.4 is 0 Å². The van der Waals surface area contributed by atoms with Crippen LogP contribution in [0.3, 0.4) is 0 Å². The Morgan fingerprint density at radius 3 is 3.00 bits per heavy atom. The summed E-state index contributed by atoms with van der Waals surface area (Å²) in [7, 11) is 0. The highest BCUT2D eigenvalue weighted by molar-refractivity contribution is 7.18. The number of carbonyl (C=O) groups excluding carboxylic acids is 1. The van der Waals surface area contributed by atoms with E-state index >= 15 is 0 Å². The monoisotopic (exact) mass is 419 g/mol. The van der Waals surface area contributed by atoms with E-state index in [1.807, 2.05) is 6.07 Å². The third kappa shape index (κ3) is 2.73. The van der Waals surface area contributed by atoms with Gasteiger partial charge in [-0.05, 0) is 12.1 Å². The minimum atomic E-state index is -0.494. The summed E-state index contributed by atoms with van der Waals surface area (Å²) >= 11 is 8.45. The molecule has 0 unspecified atom stereocenters. The fraction of sp³-hybridized carbons (Fsp3) is 0.176. The minimum Gasteiger partial charge on any atom is -0.348 e. The second kappa shape index (κ2) is 6.36. The SMILES string of the molecule is O=C(c1ncc(Cl)s1)N1CCc2[nH]cnc2[C@H]1c1nc2c(F)cccc2s1. The topological polar surface area (TPSA) is 74.8 Å². The number of para-hydroxylation sites is 1. The number of halogens is 2. The number of fused-ring (bicyclic) bond motifs is 2. The number of nitrogens with zero attached hydrogens (tertiary/aromatic N) is 4. The highest BCUT2D eigenvalue weighted by Gasteiger charge is 2.37. The van der Waals surface area contributed by atoms with Crippen molar-refractivity contribution in [2.24, 2.45) is 0 Å². The Hall–Kier alpha value is -2.36. The van der Waals surface area contributed by atoms with Crippen molar-refractivity contribution in [1.29, 1.82) is 0 Å². The van der Waals surface area contributed by atoms with Crippen molar-refractivity contribution in [2.75, 3.05) is 6.54 Å². The van der Waals surface area contributed by atoms with Gasteiger partial charge in [0.15, 0.2) is 5.01 Å². The smallest absolute Gasteiger partial charge is 0.283 e. The number of aromatic amines is 1. The van der Waals surface area contributed by atoms with Crippen molar-refractivity contribution < 1.29 is 9.18 Å². The van der Waals surface area contributed by atoms with E-state index in [0.717, 1.165) is 27.4 Å². The number of nitrogens with one attached hydrogen (secondary N) is 1. The maximum atomic E-state index is 14.1. The first-order valence-corrected chi connectivity index (χ1v) is 10.1. The van der Waals surface area contributed by atoms with Crippen molar-refractivity contribution in [3.63, 3.8) is 0 Å². The molecule has 4 heterocycles. The minimum absolute atomic E-state index is 0.231. The first-order valence-electron chi connectivity index (χ1n) is 8.11. The molecule has 1 atom stereocenters. The van der Waals surface area contributed by atoms with Gasteiger partial charge in [0.25, 0.3) is 5.91 Å². The van der Waals surface area contributed by atoms with Crippen LogP contribution in [0, 0.1) is 5.82 Å². The summed E-state index contributed by atoms with van der Waals surface area (Å²) in [6.45, 7) is 0.480. The Kier molecular flexibility index (Phi) is 3.96. The zero-order valence-corrected chi connectivity index (χ0v) is 16.0. The van der Waals surface area contributed by atoms with Gasteiger partial charge in [-0.1, -0.05) is 29.0 Å². The van der Waals surface area contributed by atoms with Crippen LogP contribution in [0.15, 0.2) is 30.7 Å². The Balaban J connectivity index is 1.64. The largest absolute Gasteiger partial charge is 0.348 e. The Labute approximate surface area is 165 Å². The molecule has 1 aliphatic rings. The molecule has 10 heteroatoms. The van der Waals surface area contributed by atoms with Crippen molar-refractivity contribution in [3.8, 4) is 0 Å². The molecule has 0 saturated carbocycles. The van der Waals surface area contributed by atoms with Crippen LogP contribution in [-0.2, 0) is 6.42 Å². The van der Waals surface area contributed by atoms with Gasteiger partial charge in [-0.2, -0.15) is 0 Å². The highest BCUT2D eigenvalue weighted by Crippen LogP contribution is 2.39. The molecule has 1 N–H and O–H groups in total. The average molecular weight is 420 g/mol. The zero-order valence-electron chi connectivity index (χ0n) is 13.6. The maximum absolute atomic E-state index is 14.1. The molecule has 6 nitrogen and oxygen atoms in total. The van der Waals surface area contributed by atoms with E-state index < -0.39 is 6.04 Å². The van der Waals surface area contributed by atoms with Crippen molar-refractivity contribution in [2.45, 2.75) is 12.5 Å². The van der Waals surface area contributed by atoms with Gasteiger partial charge in [-0.3, -0.25) is 4.79 Å². The molecule has 0 fully saturated rings. The molecule has 0 radical (unpaired) electrons. The molecule has 1 amide bonds. The lowest BCUT2D eigenvalue weighted by Gasteiger charge is -2.33.